The molecule has 0 fully saturated rings. The molecule has 0 bridgehead atoms. The highest BCUT2D eigenvalue weighted by Gasteiger charge is 1.83. The summed E-state index contributed by atoms with van der Waals surface area (Å²) in [7, 11) is 0. The Labute approximate surface area is 56.8 Å². The quantitative estimate of drug-likeness (QED) is 0.417. The van der Waals surface area contributed by atoms with E-state index in [2.05, 4.69) is 5.32 Å². The van der Waals surface area contributed by atoms with Crippen molar-refractivity contribution in [3.8, 4) is 0 Å². The molecule has 0 rings (SSSR count). The Bertz CT molecular complexity index is 41.6. The van der Waals surface area contributed by atoms with Gasteiger partial charge in [-0.05, 0) is 25.9 Å². The van der Waals surface area contributed by atoms with Gasteiger partial charge in [0.05, 0.1) is 0 Å². The van der Waals surface area contributed by atoms with Crippen molar-refractivity contribution in [2.75, 3.05) is 26.2 Å². The second-order valence-corrected chi connectivity index (χ2v) is 2.03. The van der Waals surface area contributed by atoms with E-state index in [1.165, 1.54) is 0 Å². The lowest BCUT2D eigenvalue weighted by Crippen LogP contribution is -2.23. The standard InChI is InChI=1S/C6H17N3/c7-3-1-2-5-9-6-4-8/h9H,1-8H2. The predicted molar refractivity (Wildman–Crippen MR) is 40.2 cm³/mol. The van der Waals surface area contributed by atoms with Gasteiger partial charge in [-0.2, -0.15) is 0 Å². The molecule has 0 heterocycles. The predicted octanol–water partition coefficient (Wildman–Crippen LogP) is -0.726. The average molecular weight is 131 g/mol. The molecule has 3 heteroatoms. The van der Waals surface area contributed by atoms with Crippen LogP contribution < -0.4 is 16.8 Å². The van der Waals surface area contributed by atoms with Crippen LogP contribution >= 0.6 is 0 Å². The zero-order valence-corrected chi connectivity index (χ0v) is 5.90. The SMILES string of the molecule is NCCCCNCCN. The van der Waals surface area contributed by atoms with Crippen molar-refractivity contribution < 1.29 is 0 Å². The van der Waals surface area contributed by atoms with Crippen LogP contribution in [0.15, 0.2) is 0 Å². The summed E-state index contributed by atoms with van der Waals surface area (Å²) in [5, 5.41) is 3.19. The molecular weight excluding hydrogens is 114 g/mol. The van der Waals surface area contributed by atoms with Crippen LogP contribution in [-0.4, -0.2) is 26.2 Å². The molecule has 0 aromatic rings. The highest BCUT2D eigenvalue weighted by Crippen LogP contribution is 1.80. The summed E-state index contributed by atoms with van der Waals surface area (Å²) in [6.45, 7) is 3.49. The van der Waals surface area contributed by atoms with E-state index in [4.69, 9.17) is 11.5 Å². The molecule has 0 atom stereocenters. The first-order valence-electron chi connectivity index (χ1n) is 3.52. The van der Waals surface area contributed by atoms with Crippen molar-refractivity contribution in [3.63, 3.8) is 0 Å². The molecule has 0 saturated carbocycles. The molecule has 0 spiro atoms. The summed E-state index contributed by atoms with van der Waals surface area (Å²) in [6.07, 6.45) is 2.27. The summed E-state index contributed by atoms with van der Waals surface area (Å²) in [5.41, 5.74) is 10.5. The van der Waals surface area contributed by atoms with Gasteiger partial charge in [0, 0.05) is 13.1 Å². The third kappa shape index (κ3) is 7.88. The van der Waals surface area contributed by atoms with Gasteiger partial charge in [0.1, 0.15) is 0 Å². The monoisotopic (exact) mass is 131 g/mol. The Hall–Kier alpha value is -0.120. The third-order valence-electron chi connectivity index (χ3n) is 1.13. The fourth-order valence-electron chi connectivity index (χ4n) is 0.621. The normalized spacial score (nSPS) is 10.0. The van der Waals surface area contributed by atoms with Gasteiger partial charge in [-0.3, -0.25) is 0 Å². The Morgan fingerprint density at radius 3 is 2.22 bits per heavy atom. The van der Waals surface area contributed by atoms with Crippen LogP contribution in [0, 0.1) is 0 Å². The first kappa shape index (κ1) is 8.88. The number of rotatable bonds is 6. The molecule has 5 N–H and O–H groups in total. The Morgan fingerprint density at radius 2 is 1.67 bits per heavy atom. The second kappa shape index (κ2) is 7.88. The van der Waals surface area contributed by atoms with Crippen LogP contribution in [0.2, 0.25) is 0 Å². The smallest absolute Gasteiger partial charge is 0.00745 e. The van der Waals surface area contributed by atoms with Gasteiger partial charge in [0.15, 0.2) is 0 Å². The van der Waals surface area contributed by atoms with Gasteiger partial charge < -0.3 is 16.8 Å². The maximum absolute atomic E-state index is 5.29. The molecule has 3 nitrogen and oxygen atoms in total. The minimum Gasteiger partial charge on any atom is -0.330 e. The van der Waals surface area contributed by atoms with E-state index in [0.29, 0.717) is 0 Å². The van der Waals surface area contributed by atoms with Gasteiger partial charge in [0.2, 0.25) is 0 Å². The number of nitrogens with one attached hydrogen (secondary N) is 1. The van der Waals surface area contributed by atoms with E-state index >= 15 is 0 Å². The Kier molecular flexibility index (Phi) is 7.77. The second-order valence-electron chi connectivity index (χ2n) is 2.03. The van der Waals surface area contributed by atoms with Crippen molar-refractivity contribution in [2.24, 2.45) is 11.5 Å². The lowest BCUT2D eigenvalue weighted by Gasteiger charge is -1.99. The molecule has 0 aliphatic heterocycles. The molecule has 0 unspecified atom stereocenters. The van der Waals surface area contributed by atoms with Crippen LogP contribution in [0.5, 0.6) is 0 Å². The highest BCUT2D eigenvalue weighted by molar-refractivity contribution is 4.48. The van der Waals surface area contributed by atoms with Gasteiger partial charge in [0.25, 0.3) is 0 Å². The number of hydrogen-bond donors (Lipinski definition) is 3. The van der Waals surface area contributed by atoms with Crippen molar-refractivity contribution in [1.29, 1.82) is 0 Å². The minimum atomic E-state index is 0.725. The van der Waals surface area contributed by atoms with Gasteiger partial charge in [-0.1, -0.05) is 0 Å². The number of nitrogens with two attached hydrogens (primary N) is 2. The summed E-state index contributed by atoms with van der Waals surface area (Å²) in [4.78, 5) is 0. The lowest BCUT2D eigenvalue weighted by atomic mass is 10.3. The molecule has 0 aromatic carbocycles. The zero-order chi connectivity index (χ0) is 6.95. The number of hydrogen-bond acceptors (Lipinski definition) is 3. The van der Waals surface area contributed by atoms with Gasteiger partial charge >= 0.3 is 0 Å². The fraction of sp³-hybridized carbons (Fsp3) is 1.00. The van der Waals surface area contributed by atoms with E-state index in [1.807, 2.05) is 0 Å². The Morgan fingerprint density at radius 1 is 0.889 bits per heavy atom. The fourth-order valence-corrected chi connectivity index (χ4v) is 0.621. The lowest BCUT2D eigenvalue weighted by molar-refractivity contribution is 0.631. The van der Waals surface area contributed by atoms with E-state index < -0.39 is 0 Å². The maximum Gasteiger partial charge on any atom is 0.00745 e. The van der Waals surface area contributed by atoms with E-state index in [0.717, 1.165) is 39.0 Å². The van der Waals surface area contributed by atoms with Crippen molar-refractivity contribution in [3.05, 3.63) is 0 Å². The van der Waals surface area contributed by atoms with Crippen LogP contribution in [0.3, 0.4) is 0 Å². The van der Waals surface area contributed by atoms with E-state index in [9.17, 15) is 0 Å². The van der Waals surface area contributed by atoms with Crippen LogP contribution in [0.4, 0.5) is 0 Å². The van der Waals surface area contributed by atoms with Gasteiger partial charge in [-0.25, -0.2) is 0 Å². The first-order valence-corrected chi connectivity index (χ1v) is 3.52. The van der Waals surface area contributed by atoms with E-state index in [-0.39, 0.29) is 0 Å². The first-order chi connectivity index (χ1) is 4.41. The average Bonchev–Trinajstić information content (AvgIpc) is 1.89. The van der Waals surface area contributed by atoms with Gasteiger partial charge in [-0.15, -0.1) is 0 Å². The molecule has 0 aliphatic carbocycles. The summed E-state index contributed by atoms with van der Waals surface area (Å²) >= 11 is 0. The van der Waals surface area contributed by atoms with Crippen LogP contribution in [-0.2, 0) is 0 Å². The molecule has 0 aliphatic rings. The largest absolute Gasteiger partial charge is 0.330 e. The zero-order valence-electron chi connectivity index (χ0n) is 5.90. The molecule has 0 radical (unpaired) electrons. The molecule has 0 aromatic heterocycles. The number of unbranched alkanes of at least 4 members (excludes halogenated alkanes) is 1. The summed E-state index contributed by atoms with van der Waals surface area (Å²) in [6, 6.07) is 0. The molecule has 9 heavy (non-hydrogen) atoms. The molecule has 0 saturated heterocycles. The van der Waals surface area contributed by atoms with Crippen molar-refractivity contribution in [2.45, 2.75) is 12.8 Å². The van der Waals surface area contributed by atoms with Crippen LogP contribution in [0.25, 0.3) is 0 Å². The highest BCUT2D eigenvalue weighted by atomic mass is 14.9. The summed E-state index contributed by atoms with van der Waals surface area (Å²) < 4.78 is 0. The van der Waals surface area contributed by atoms with E-state index in [1.54, 1.807) is 0 Å². The Balaban J connectivity index is 2.60. The summed E-state index contributed by atoms with van der Waals surface area (Å²) in [5.74, 6) is 0. The van der Waals surface area contributed by atoms with Crippen LogP contribution in [0.1, 0.15) is 12.8 Å². The maximum atomic E-state index is 5.29. The van der Waals surface area contributed by atoms with Crippen molar-refractivity contribution >= 4 is 0 Å². The molecule has 0 amide bonds. The third-order valence-corrected chi connectivity index (χ3v) is 1.13. The minimum absolute atomic E-state index is 0.725. The van der Waals surface area contributed by atoms with Crippen molar-refractivity contribution in [1.82, 2.24) is 5.32 Å². The molecule has 56 valence electrons. The molecular formula is C6H17N3. The topological polar surface area (TPSA) is 64.1 Å².